The Hall–Kier alpha value is -2.35. The van der Waals surface area contributed by atoms with Gasteiger partial charge in [0.1, 0.15) is 5.75 Å². The third kappa shape index (κ3) is 3.81. The van der Waals surface area contributed by atoms with Crippen LogP contribution in [0.5, 0.6) is 5.75 Å². The van der Waals surface area contributed by atoms with Gasteiger partial charge in [-0.25, -0.2) is 0 Å². The van der Waals surface area contributed by atoms with E-state index in [1.807, 2.05) is 36.4 Å². The Balaban J connectivity index is 1.88. The first-order valence-electron chi connectivity index (χ1n) is 6.30. The second-order valence-corrected chi connectivity index (χ2v) is 4.30. The predicted molar refractivity (Wildman–Crippen MR) is 76.3 cm³/mol. The summed E-state index contributed by atoms with van der Waals surface area (Å²) in [6.45, 7) is 0. The molecule has 2 aromatic carbocycles. The lowest BCUT2D eigenvalue weighted by Gasteiger charge is -2.01. The molecule has 0 saturated carbocycles. The number of aryl methyl sites for hydroxylation is 1. The molecule has 0 aliphatic rings. The number of hydrogen-bond acceptors (Lipinski definition) is 2. The number of hydrogen-bond donors (Lipinski definition) is 1. The van der Waals surface area contributed by atoms with Crippen LogP contribution < -0.4 is 0 Å². The molecule has 0 fully saturated rings. The van der Waals surface area contributed by atoms with Gasteiger partial charge in [0.15, 0.2) is 5.78 Å². The quantitative estimate of drug-likeness (QED) is 0.649. The highest BCUT2D eigenvalue weighted by Gasteiger charge is 2.00. The van der Waals surface area contributed by atoms with Crippen molar-refractivity contribution in [3.05, 3.63) is 77.9 Å². The van der Waals surface area contributed by atoms with Crippen molar-refractivity contribution in [3.8, 4) is 5.75 Å². The van der Waals surface area contributed by atoms with Gasteiger partial charge in [-0.2, -0.15) is 0 Å². The molecule has 1 N–H and O–H groups in total. The van der Waals surface area contributed by atoms with Crippen LogP contribution in [0.2, 0.25) is 0 Å². The average Bonchev–Trinajstić information content (AvgIpc) is 2.46. The minimum absolute atomic E-state index is 0.0119. The van der Waals surface area contributed by atoms with Crippen LogP contribution >= 0.6 is 0 Å². The zero-order chi connectivity index (χ0) is 13.5. The summed E-state index contributed by atoms with van der Waals surface area (Å²) in [6.07, 6.45) is 4.90. The van der Waals surface area contributed by atoms with Crippen molar-refractivity contribution in [2.75, 3.05) is 0 Å². The normalized spacial score (nSPS) is 10.7. The Morgan fingerprint density at radius 2 is 1.68 bits per heavy atom. The first-order chi connectivity index (χ1) is 9.27. The van der Waals surface area contributed by atoms with Crippen molar-refractivity contribution in [1.82, 2.24) is 0 Å². The molecule has 0 unspecified atom stereocenters. The summed E-state index contributed by atoms with van der Waals surface area (Å²) < 4.78 is 0. The van der Waals surface area contributed by atoms with E-state index in [1.165, 1.54) is 0 Å². The van der Waals surface area contributed by atoms with E-state index in [1.54, 1.807) is 30.3 Å². The van der Waals surface area contributed by atoms with Gasteiger partial charge in [0, 0.05) is 5.56 Å². The Labute approximate surface area is 113 Å². The minimum Gasteiger partial charge on any atom is -0.508 e. The van der Waals surface area contributed by atoms with Gasteiger partial charge in [0.2, 0.25) is 0 Å². The lowest BCUT2D eigenvalue weighted by Crippen LogP contribution is -1.93. The Kier molecular flexibility index (Phi) is 4.51. The third-order valence-electron chi connectivity index (χ3n) is 2.90. The van der Waals surface area contributed by atoms with Crippen LogP contribution in [-0.4, -0.2) is 10.9 Å². The second kappa shape index (κ2) is 6.55. The van der Waals surface area contributed by atoms with E-state index in [2.05, 4.69) is 0 Å². The number of allylic oxidation sites excluding steroid dienone is 2. The van der Waals surface area contributed by atoms with Crippen LogP contribution in [0.4, 0.5) is 0 Å². The van der Waals surface area contributed by atoms with Crippen molar-refractivity contribution < 1.29 is 9.90 Å². The maximum Gasteiger partial charge on any atom is 0.185 e. The molecule has 2 aromatic rings. The standard InChI is InChI=1S/C17H16O2/c18-16(14-8-2-1-3-9-14)12-6-4-10-15-11-5-7-13-17(15)19/h1-3,5-9,11-13,19H,4,10H2/b12-6+. The smallest absolute Gasteiger partial charge is 0.185 e. The van der Waals surface area contributed by atoms with Crippen LogP contribution in [-0.2, 0) is 6.42 Å². The van der Waals surface area contributed by atoms with Gasteiger partial charge >= 0.3 is 0 Å². The molecule has 2 rings (SSSR count). The summed E-state index contributed by atoms with van der Waals surface area (Å²) in [5.41, 5.74) is 1.60. The lowest BCUT2D eigenvalue weighted by molar-refractivity contribution is 0.104. The number of benzene rings is 2. The molecule has 19 heavy (non-hydrogen) atoms. The molecule has 2 nitrogen and oxygen atoms in total. The zero-order valence-electron chi connectivity index (χ0n) is 10.6. The molecule has 0 aliphatic carbocycles. The summed E-state index contributed by atoms with van der Waals surface area (Å²) >= 11 is 0. The van der Waals surface area contributed by atoms with Crippen molar-refractivity contribution in [2.45, 2.75) is 12.8 Å². The van der Waals surface area contributed by atoms with Gasteiger partial charge in [0.25, 0.3) is 0 Å². The molecule has 0 amide bonds. The number of carbonyl (C=O) groups excluding carboxylic acids is 1. The zero-order valence-corrected chi connectivity index (χ0v) is 10.6. The molecule has 0 bridgehead atoms. The molecule has 2 heteroatoms. The number of aromatic hydroxyl groups is 1. The predicted octanol–water partition coefficient (Wildman–Crippen LogP) is 3.76. The van der Waals surface area contributed by atoms with E-state index in [9.17, 15) is 9.90 Å². The topological polar surface area (TPSA) is 37.3 Å². The number of phenols is 1. The highest BCUT2D eigenvalue weighted by Crippen LogP contribution is 2.17. The summed E-state index contributed by atoms with van der Waals surface area (Å²) in [4.78, 5) is 11.8. The van der Waals surface area contributed by atoms with Crippen molar-refractivity contribution in [2.24, 2.45) is 0 Å². The van der Waals surface area contributed by atoms with Crippen molar-refractivity contribution in [1.29, 1.82) is 0 Å². The highest BCUT2D eigenvalue weighted by atomic mass is 16.3. The molecule has 0 radical (unpaired) electrons. The summed E-state index contributed by atoms with van der Waals surface area (Å²) in [6, 6.07) is 16.5. The lowest BCUT2D eigenvalue weighted by atomic mass is 10.1. The second-order valence-electron chi connectivity index (χ2n) is 4.30. The largest absolute Gasteiger partial charge is 0.508 e. The van der Waals surface area contributed by atoms with Crippen molar-refractivity contribution >= 4 is 5.78 Å². The number of phenolic OH excluding ortho intramolecular Hbond substituents is 1. The van der Waals surface area contributed by atoms with E-state index in [4.69, 9.17) is 0 Å². The van der Waals surface area contributed by atoms with Crippen molar-refractivity contribution in [3.63, 3.8) is 0 Å². The Morgan fingerprint density at radius 1 is 1.00 bits per heavy atom. The van der Waals surface area contributed by atoms with Gasteiger partial charge in [-0.3, -0.25) is 4.79 Å². The van der Waals surface area contributed by atoms with Crippen LogP contribution in [0.3, 0.4) is 0 Å². The average molecular weight is 252 g/mol. The molecular formula is C17H16O2. The first kappa shape index (κ1) is 13.1. The van der Waals surface area contributed by atoms with E-state index in [-0.39, 0.29) is 5.78 Å². The van der Waals surface area contributed by atoms with Gasteiger partial charge in [-0.15, -0.1) is 0 Å². The van der Waals surface area contributed by atoms with E-state index in [0.29, 0.717) is 11.3 Å². The van der Waals surface area contributed by atoms with E-state index in [0.717, 1.165) is 18.4 Å². The summed E-state index contributed by atoms with van der Waals surface area (Å²) in [5.74, 6) is 0.322. The van der Waals surface area contributed by atoms with Crippen LogP contribution in [0.25, 0.3) is 0 Å². The first-order valence-corrected chi connectivity index (χ1v) is 6.30. The fourth-order valence-corrected chi connectivity index (χ4v) is 1.85. The Morgan fingerprint density at radius 3 is 2.42 bits per heavy atom. The molecule has 0 atom stereocenters. The number of rotatable bonds is 5. The number of para-hydroxylation sites is 1. The van der Waals surface area contributed by atoms with E-state index < -0.39 is 0 Å². The molecule has 0 spiro atoms. The fourth-order valence-electron chi connectivity index (χ4n) is 1.85. The summed E-state index contributed by atoms with van der Waals surface area (Å²) in [7, 11) is 0. The number of ketones is 1. The monoisotopic (exact) mass is 252 g/mol. The van der Waals surface area contributed by atoms with Gasteiger partial charge in [-0.1, -0.05) is 54.6 Å². The maximum absolute atomic E-state index is 11.8. The molecule has 0 heterocycles. The SMILES string of the molecule is O=C(/C=C/CCc1ccccc1O)c1ccccc1. The van der Waals surface area contributed by atoms with Gasteiger partial charge in [0.05, 0.1) is 0 Å². The van der Waals surface area contributed by atoms with Crippen LogP contribution in [0.15, 0.2) is 66.7 Å². The van der Waals surface area contributed by atoms with Gasteiger partial charge in [-0.05, 0) is 30.5 Å². The molecule has 0 aliphatic heterocycles. The fraction of sp³-hybridized carbons (Fsp3) is 0.118. The summed E-state index contributed by atoms with van der Waals surface area (Å²) in [5, 5.41) is 9.61. The Bertz CT molecular complexity index is 571. The maximum atomic E-state index is 11.8. The minimum atomic E-state index is 0.0119. The number of carbonyl (C=O) groups is 1. The molecule has 0 aromatic heterocycles. The molecule has 0 saturated heterocycles. The van der Waals surface area contributed by atoms with Gasteiger partial charge < -0.3 is 5.11 Å². The molecule has 96 valence electrons. The van der Waals surface area contributed by atoms with E-state index >= 15 is 0 Å². The molecular weight excluding hydrogens is 236 g/mol. The van der Waals surface area contributed by atoms with Crippen LogP contribution in [0, 0.1) is 0 Å². The third-order valence-corrected chi connectivity index (χ3v) is 2.90. The van der Waals surface area contributed by atoms with Crippen LogP contribution in [0.1, 0.15) is 22.3 Å². The highest BCUT2D eigenvalue weighted by molar-refractivity contribution is 6.04.